The third-order valence-corrected chi connectivity index (χ3v) is 3.22. The number of benzene rings is 1. The Balaban J connectivity index is 2.32. The smallest absolute Gasteiger partial charge is 0.201 e. The Morgan fingerprint density at radius 2 is 1.56 bits per heavy atom. The largest absolute Gasteiger partial charge is 0.507 e. The van der Waals surface area contributed by atoms with Crippen LogP contribution in [0.25, 0.3) is 0 Å². The molecule has 1 heterocycles. The van der Waals surface area contributed by atoms with E-state index in [0.717, 1.165) is 0 Å². The summed E-state index contributed by atoms with van der Waals surface area (Å²) in [5, 5.41) is 38.8. The van der Waals surface area contributed by atoms with Crippen molar-refractivity contribution < 1.29 is 25.2 Å². The molecule has 0 unspecified atom stereocenters. The fourth-order valence-corrected chi connectivity index (χ4v) is 2.02. The molecule has 1 saturated heterocycles. The average Bonchev–Trinajstić information content (AvgIpc) is 2.40. The maximum absolute atomic E-state index is 9.93. The number of rotatable bonds is 2. The fraction of sp³-hybridized carbons (Fsp3) is 0.500. The molecule has 18 heavy (non-hydrogen) atoms. The van der Waals surface area contributed by atoms with Crippen LogP contribution in [-0.4, -0.2) is 51.6 Å². The van der Waals surface area contributed by atoms with Crippen LogP contribution in [0.15, 0.2) is 0 Å². The standard InChI is InChI=1S/C12H17NO5/c1-7-9(14)8(11(16)12(17)10(7)15)6-13-2-4-18-5-3-13/h14-17H,2-6H2,1H3. The first-order chi connectivity index (χ1) is 8.52. The third kappa shape index (κ3) is 2.16. The molecule has 0 atom stereocenters. The van der Waals surface area contributed by atoms with Crippen molar-refractivity contribution in [3.8, 4) is 23.0 Å². The molecule has 1 aliphatic heterocycles. The van der Waals surface area contributed by atoms with Gasteiger partial charge in [0.1, 0.15) is 5.75 Å². The van der Waals surface area contributed by atoms with Crippen LogP contribution in [0.4, 0.5) is 0 Å². The van der Waals surface area contributed by atoms with Gasteiger partial charge in [-0.15, -0.1) is 0 Å². The molecule has 1 fully saturated rings. The molecule has 4 N–H and O–H groups in total. The number of nitrogens with zero attached hydrogens (tertiary/aromatic N) is 1. The summed E-state index contributed by atoms with van der Waals surface area (Å²) >= 11 is 0. The van der Waals surface area contributed by atoms with E-state index >= 15 is 0 Å². The normalized spacial score (nSPS) is 16.9. The van der Waals surface area contributed by atoms with Gasteiger partial charge in [0.2, 0.25) is 5.75 Å². The minimum Gasteiger partial charge on any atom is -0.507 e. The molecule has 6 heteroatoms. The molecule has 6 nitrogen and oxygen atoms in total. The molecule has 0 aliphatic carbocycles. The van der Waals surface area contributed by atoms with Crippen molar-refractivity contribution >= 4 is 0 Å². The first-order valence-corrected chi connectivity index (χ1v) is 5.77. The van der Waals surface area contributed by atoms with E-state index in [1.165, 1.54) is 6.92 Å². The first-order valence-electron chi connectivity index (χ1n) is 5.77. The Labute approximate surface area is 105 Å². The fourth-order valence-electron chi connectivity index (χ4n) is 2.02. The van der Waals surface area contributed by atoms with E-state index in [-0.39, 0.29) is 16.9 Å². The Morgan fingerprint density at radius 3 is 2.17 bits per heavy atom. The minimum atomic E-state index is -0.589. The highest BCUT2D eigenvalue weighted by molar-refractivity contribution is 5.63. The van der Waals surface area contributed by atoms with Gasteiger partial charge in [0, 0.05) is 25.2 Å². The molecule has 1 aromatic rings. The molecule has 0 spiro atoms. The van der Waals surface area contributed by atoms with Gasteiger partial charge in [-0.25, -0.2) is 0 Å². The van der Waals surface area contributed by atoms with Gasteiger partial charge in [0.05, 0.1) is 18.8 Å². The lowest BCUT2D eigenvalue weighted by molar-refractivity contribution is 0.0335. The van der Waals surface area contributed by atoms with Crippen LogP contribution in [0.5, 0.6) is 23.0 Å². The number of phenols is 4. The van der Waals surface area contributed by atoms with E-state index in [2.05, 4.69) is 0 Å². The molecular formula is C12H17NO5. The summed E-state index contributed by atoms with van der Waals surface area (Å²) in [6, 6.07) is 0. The number of ether oxygens (including phenoxy) is 1. The SMILES string of the molecule is Cc1c(O)c(O)c(O)c(CN2CCOCC2)c1O. The van der Waals surface area contributed by atoms with Crippen LogP contribution >= 0.6 is 0 Å². The van der Waals surface area contributed by atoms with Crippen molar-refractivity contribution in [1.82, 2.24) is 4.90 Å². The van der Waals surface area contributed by atoms with E-state index < -0.39 is 17.2 Å². The van der Waals surface area contributed by atoms with Crippen LogP contribution in [0.3, 0.4) is 0 Å². The van der Waals surface area contributed by atoms with E-state index in [4.69, 9.17) is 4.74 Å². The Bertz CT molecular complexity index is 425. The molecule has 1 aliphatic rings. The van der Waals surface area contributed by atoms with Crippen LogP contribution in [0.1, 0.15) is 11.1 Å². The van der Waals surface area contributed by atoms with E-state index in [1.807, 2.05) is 4.90 Å². The van der Waals surface area contributed by atoms with Crippen molar-refractivity contribution in [2.45, 2.75) is 13.5 Å². The summed E-state index contributed by atoms with van der Waals surface area (Å²) in [5.74, 6) is -1.74. The lowest BCUT2D eigenvalue weighted by Crippen LogP contribution is -2.35. The highest BCUT2D eigenvalue weighted by Crippen LogP contribution is 2.46. The summed E-state index contributed by atoms with van der Waals surface area (Å²) in [6.07, 6.45) is 0. The molecule has 1 aromatic carbocycles. The first kappa shape index (κ1) is 12.8. The number of phenolic OH excluding ortho intramolecular Hbond substituents is 4. The second-order valence-corrected chi connectivity index (χ2v) is 4.39. The van der Waals surface area contributed by atoms with Crippen molar-refractivity contribution in [2.75, 3.05) is 26.3 Å². The van der Waals surface area contributed by atoms with Gasteiger partial charge in [-0.05, 0) is 6.92 Å². The molecule has 0 amide bonds. The Kier molecular flexibility index (Phi) is 3.49. The van der Waals surface area contributed by atoms with E-state index in [1.54, 1.807) is 0 Å². The molecule has 0 aromatic heterocycles. The molecular weight excluding hydrogens is 238 g/mol. The number of aromatic hydroxyl groups is 4. The number of hydrogen-bond acceptors (Lipinski definition) is 6. The number of hydrogen-bond donors (Lipinski definition) is 4. The summed E-state index contributed by atoms with van der Waals surface area (Å²) < 4.78 is 5.21. The van der Waals surface area contributed by atoms with Crippen LogP contribution in [0.2, 0.25) is 0 Å². The lowest BCUT2D eigenvalue weighted by Gasteiger charge is -2.27. The predicted octanol–water partition coefficient (Wildman–Crippen LogP) is 0.650. The van der Waals surface area contributed by atoms with Gasteiger partial charge >= 0.3 is 0 Å². The minimum absolute atomic E-state index is 0.161. The average molecular weight is 255 g/mol. The Hall–Kier alpha value is -1.66. The predicted molar refractivity (Wildman–Crippen MR) is 63.9 cm³/mol. The molecule has 0 radical (unpaired) electrons. The van der Waals surface area contributed by atoms with Crippen molar-refractivity contribution in [3.63, 3.8) is 0 Å². The van der Waals surface area contributed by atoms with Gasteiger partial charge in [-0.1, -0.05) is 0 Å². The van der Waals surface area contributed by atoms with E-state index in [0.29, 0.717) is 32.8 Å². The summed E-state index contributed by atoms with van der Waals surface area (Å²) in [4.78, 5) is 1.99. The topological polar surface area (TPSA) is 93.4 Å². The van der Waals surface area contributed by atoms with Gasteiger partial charge in [-0.2, -0.15) is 0 Å². The van der Waals surface area contributed by atoms with Crippen LogP contribution in [-0.2, 0) is 11.3 Å². The van der Waals surface area contributed by atoms with Crippen molar-refractivity contribution in [2.24, 2.45) is 0 Å². The maximum atomic E-state index is 9.93. The highest BCUT2D eigenvalue weighted by Gasteiger charge is 2.23. The molecule has 2 rings (SSSR count). The summed E-state index contributed by atoms with van der Waals surface area (Å²) in [7, 11) is 0. The third-order valence-electron chi connectivity index (χ3n) is 3.22. The van der Waals surface area contributed by atoms with Crippen LogP contribution < -0.4 is 0 Å². The van der Waals surface area contributed by atoms with Gasteiger partial charge < -0.3 is 25.2 Å². The second-order valence-electron chi connectivity index (χ2n) is 4.39. The monoisotopic (exact) mass is 255 g/mol. The van der Waals surface area contributed by atoms with E-state index in [9.17, 15) is 20.4 Å². The number of morpholine rings is 1. The van der Waals surface area contributed by atoms with Crippen molar-refractivity contribution in [1.29, 1.82) is 0 Å². The molecule has 100 valence electrons. The highest BCUT2D eigenvalue weighted by atomic mass is 16.5. The second kappa shape index (κ2) is 4.91. The zero-order valence-electron chi connectivity index (χ0n) is 10.2. The summed E-state index contributed by atoms with van der Waals surface area (Å²) in [5.41, 5.74) is 0.387. The quantitative estimate of drug-likeness (QED) is 0.458. The zero-order valence-corrected chi connectivity index (χ0v) is 10.2. The Morgan fingerprint density at radius 1 is 0.944 bits per heavy atom. The summed E-state index contributed by atoms with van der Waals surface area (Å²) in [6.45, 7) is 4.37. The molecule has 0 saturated carbocycles. The molecule has 0 bridgehead atoms. The van der Waals surface area contributed by atoms with Gasteiger partial charge in [0.15, 0.2) is 11.5 Å². The maximum Gasteiger partial charge on any atom is 0.201 e. The zero-order chi connectivity index (χ0) is 13.3. The van der Waals surface area contributed by atoms with Gasteiger partial charge in [0.25, 0.3) is 0 Å². The lowest BCUT2D eigenvalue weighted by atomic mass is 10.1. The van der Waals surface area contributed by atoms with Gasteiger partial charge in [-0.3, -0.25) is 4.90 Å². The van der Waals surface area contributed by atoms with Crippen molar-refractivity contribution in [3.05, 3.63) is 11.1 Å². The van der Waals surface area contributed by atoms with Crippen LogP contribution in [0, 0.1) is 6.92 Å².